The minimum Gasteiger partial charge on any atom is -0.379 e. The predicted octanol–water partition coefficient (Wildman–Crippen LogP) is 3.63. The van der Waals surface area contributed by atoms with E-state index in [-0.39, 0.29) is 0 Å². The van der Waals surface area contributed by atoms with E-state index in [1.165, 1.54) is 38.5 Å². The van der Waals surface area contributed by atoms with Gasteiger partial charge in [0.1, 0.15) is 0 Å². The molecule has 1 aromatic heterocycles. The minimum absolute atomic E-state index is 0.328. The van der Waals surface area contributed by atoms with Crippen LogP contribution in [-0.4, -0.2) is 31.2 Å². The summed E-state index contributed by atoms with van der Waals surface area (Å²) in [4.78, 5) is 4.31. The third-order valence-corrected chi connectivity index (χ3v) is 5.59. The van der Waals surface area contributed by atoms with Gasteiger partial charge in [0.15, 0.2) is 0 Å². The number of rotatable bonds is 2. The molecular formula is C15H23NOS. The first-order chi connectivity index (χ1) is 8.92. The van der Waals surface area contributed by atoms with Gasteiger partial charge in [0.05, 0.1) is 18.8 Å². The van der Waals surface area contributed by atoms with Gasteiger partial charge in [-0.25, -0.2) is 0 Å². The average Bonchev–Trinajstić information content (AvgIpc) is 2.85. The van der Waals surface area contributed by atoms with E-state index in [9.17, 15) is 0 Å². The summed E-state index contributed by atoms with van der Waals surface area (Å²) < 4.78 is 5.55. The summed E-state index contributed by atoms with van der Waals surface area (Å²) in [7, 11) is 0. The fraction of sp³-hybridized carbons (Fsp3) is 0.733. The van der Waals surface area contributed by atoms with E-state index in [1.54, 1.807) is 4.88 Å². The highest BCUT2D eigenvalue weighted by Crippen LogP contribution is 2.43. The number of nitrogens with zero attached hydrogens (tertiary/aromatic N) is 1. The van der Waals surface area contributed by atoms with Crippen LogP contribution >= 0.6 is 11.3 Å². The van der Waals surface area contributed by atoms with Gasteiger partial charge in [-0.2, -0.15) is 0 Å². The van der Waals surface area contributed by atoms with Gasteiger partial charge in [-0.3, -0.25) is 4.90 Å². The van der Waals surface area contributed by atoms with Crippen LogP contribution in [0.5, 0.6) is 0 Å². The highest BCUT2D eigenvalue weighted by molar-refractivity contribution is 7.10. The number of morpholine rings is 1. The molecule has 3 heteroatoms. The zero-order valence-electron chi connectivity index (χ0n) is 11.1. The van der Waals surface area contributed by atoms with Gasteiger partial charge in [-0.15, -0.1) is 11.3 Å². The van der Waals surface area contributed by atoms with Crippen LogP contribution < -0.4 is 0 Å². The summed E-state index contributed by atoms with van der Waals surface area (Å²) in [5.41, 5.74) is 0.328. The summed E-state index contributed by atoms with van der Waals surface area (Å²) >= 11 is 1.95. The van der Waals surface area contributed by atoms with Crippen LogP contribution in [0.3, 0.4) is 0 Å². The summed E-state index contributed by atoms with van der Waals surface area (Å²) in [6, 6.07) is 4.57. The first-order valence-corrected chi connectivity index (χ1v) is 8.17. The first kappa shape index (κ1) is 12.6. The van der Waals surface area contributed by atoms with Gasteiger partial charge >= 0.3 is 0 Å². The molecule has 0 spiro atoms. The van der Waals surface area contributed by atoms with Crippen molar-refractivity contribution in [2.75, 3.05) is 26.3 Å². The molecule has 0 N–H and O–H groups in total. The zero-order valence-corrected chi connectivity index (χ0v) is 11.9. The topological polar surface area (TPSA) is 12.5 Å². The normalized spacial score (nSPS) is 25.8. The Bertz CT molecular complexity index is 349. The van der Waals surface area contributed by atoms with Crippen molar-refractivity contribution in [3.8, 4) is 0 Å². The third-order valence-electron chi connectivity index (χ3n) is 4.53. The standard InChI is InChI=1S/C15H23NOS/c1-2-4-8-15(7-3-1,14-6-5-13-18-14)16-9-11-17-12-10-16/h5-6,13H,1-4,7-12H2. The molecule has 1 aliphatic carbocycles. The van der Waals surface area contributed by atoms with E-state index in [4.69, 9.17) is 4.74 Å². The summed E-state index contributed by atoms with van der Waals surface area (Å²) in [5, 5.41) is 2.24. The maximum absolute atomic E-state index is 5.55. The lowest BCUT2D eigenvalue weighted by molar-refractivity contribution is -0.0304. The van der Waals surface area contributed by atoms with E-state index in [0.29, 0.717) is 5.54 Å². The molecular weight excluding hydrogens is 242 g/mol. The molecule has 2 aliphatic rings. The van der Waals surface area contributed by atoms with Gasteiger partial charge in [-0.05, 0) is 24.3 Å². The van der Waals surface area contributed by atoms with Crippen molar-refractivity contribution in [3.63, 3.8) is 0 Å². The minimum atomic E-state index is 0.328. The maximum atomic E-state index is 5.55. The van der Waals surface area contributed by atoms with Gasteiger partial charge < -0.3 is 4.74 Å². The van der Waals surface area contributed by atoms with E-state index in [1.807, 2.05) is 11.3 Å². The largest absolute Gasteiger partial charge is 0.379 e. The molecule has 0 atom stereocenters. The molecule has 18 heavy (non-hydrogen) atoms. The van der Waals surface area contributed by atoms with Crippen LogP contribution in [-0.2, 0) is 10.3 Å². The Morgan fingerprint density at radius 3 is 2.39 bits per heavy atom. The van der Waals surface area contributed by atoms with Crippen molar-refractivity contribution in [3.05, 3.63) is 22.4 Å². The number of hydrogen-bond acceptors (Lipinski definition) is 3. The number of thiophene rings is 1. The summed E-state index contributed by atoms with van der Waals surface area (Å²) in [6.45, 7) is 4.04. The van der Waals surface area contributed by atoms with Crippen LogP contribution in [0.25, 0.3) is 0 Å². The van der Waals surface area contributed by atoms with E-state index >= 15 is 0 Å². The zero-order chi connectivity index (χ0) is 12.3. The monoisotopic (exact) mass is 265 g/mol. The summed E-state index contributed by atoms with van der Waals surface area (Å²) in [5.74, 6) is 0. The lowest BCUT2D eigenvalue weighted by atomic mass is 9.86. The van der Waals surface area contributed by atoms with Crippen molar-refractivity contribution in [2.45, 2.75) is 44.1 Å². The number of ether oxygens (including phenoxy) is 1. The molecule has 1 aliphatic heterocycles. The van der Waals surface area contributed by atoms with Crippen LogP contribution in [0.1, 0.15) is 43.4 Å². The fourth-order valence-corrected chi connectivity index (χ4v) is 4.58. The van der Waals surface area contributed by atoms with Gasteiger partial charge in [-0.1, -0.05) is 31.7 Å². The smallest absolute Gasteiger partial charge is 0.0594 e. The molecule has 100 valence electrons. The molecule has 0 bridgehead atoms. The van der Waals surface area contributed by atoms with Crippen LogP contribution in [0, 0.1) is 0 Å². The molecule has 0 radical (unpaired) electrons. The SMILES string of the molecule is c1csc(C2(N3CCOCC3)CCCCCC2)c1. The fourth-order valence-electron chi connectivity index (χ4n) is 3.57. The van der Waals surface area contributed by atoms with E-state index in [0.717, 1.165) is 26.3 Å². The molecule has 1 aromatic rings. The maximum Gasteiger partial charge on any atom is 0.0594 e. The Hall–Kier alpha value is -0.380. The second kappa shape index (κ2) is 5.72. The van der Waals surface area contributed by atoms with Gasteiger partial charge in [0, 0.05) is 18.0 Å². The molecule has 0 unspecified atom stereocenters. The third kappa shape index (κ3) is 2.36. The van der Waals surface area contributed by atoms with E-state index in [2.05, 4.69) is 22.4 Å². The Morgan fingerprint density at radius 2 is 1.78 bits per heavy atom. The second-order valence-corrected chi connectivity index (χ2v) is 6.47. The summed E-state index contributed by atoms with van der Waals surface area (Å²) in [6.07, 6.45) is 8.28. The van der Waals surface area contributed by atoms with Crippen molar-refractivity contribution < 1.29 is 4.74 Å². The van der Waals surface area contributed by atoms with Crippen molar-refractivity contribution >= 4 is 11.3 Å². The lowest BCUT2D eigenvalue weighted by Crippen LogP contribution is -2.50. The highest BCUT2D eigenvalue weighted by atomic mass is 32.1. The van der Waals surface area contributed by atoms with E-state index < -0.39 is 0 Å². The molecule has 1 saturated heterocycles. The molecule has 0 amide bonds. The predicted molar refractivity (Wildman–Crippen MR) is 76.1 cm³/mol. The van der Waals surface area contributed by atoms with Gasteiger partial charge in [0.2, 0.25) is 0 Å². The van der Waals surface area contributed by atoms with Crippen LogP contribution in [0.2, 0.25) is 0 Å². The molecule has 2 nitrogen and oxygen atoms in total. The Kier molecular flexibility index (Phi) is 4.02. The van der Waals surface area contributed by atoms with Crippen molar-refractivity contribution in [2.24, 2.45) is 0 Å². The van der Waals surface area contributed by atoms with Gasteiger partial charge in [0.25, 0.3) is 0 Å². The van der Waals surface area contributed by atoms with Crippen molar-refractivity contribution in [1.82, 2.24) is 4.90 Å². The highest BCUT2D eigenvalue weighted by Gasteiger charge is 2.39. The molecule has 2 heterocycles. The lowest BCUT2D eigenvalue weighted by Gasteiger charge is -2.45. The Morgan fingerprint density at radius 1 is 1.06 bits per heavy atom. The molecule has 0 aromatic carbocycles. The molecule has 1 saturated carbocycles. The second-order valence-electron chi connectivity index (χ2n) is 5.52. The van der Waals surface area contributed by atoms with Crippen LogP contribution in [0.4, 0.5) is 0 Å². The van der Waals surface area contributed by atoms with Crippen LogP contribution in [0.15, 0.2) is 17.5 Å². The quantitative estimate of drug-likeness (QED) is 0.757. The Balaban J connectivity index is 1.90. The first-order valence-electron chi connectivity index (χ1n) is 7.29. The van der Waals surface area contributed by atoms with Crippen molar-refractivity contribution in [1.29, 1.82) is 0 Å². The molecule has 3 rings (SSSR count). The number of hydrogen-bond donors (Lipinski definition) is 0. The Labute approximate surface area is 114 Å². The average molecular weight is 265 g/mol. The molecule has 2 fully saturated rings.